The van der Waals surface area contributed by atoms with E-state index >= 15 is 0 Å². The zero-order chi connectivity index (χ0) is 50.0. The number of pyridine rings is 1. The number of phenolic OH excluding ortho intramolecular Hbond substituents is 1. The average Bonchev–Trinajstić information content (AvgIpc) is 3.71. The molecule has 0 radical (unpaired) electrons. The van der Waals surface area contributed by atoms with Crippen molar-refractivity contribution < 1.29 is 17.4 Å². The van der Waals surface area contributed by atoms with Crippen LogP contribution in [0.1, 0.15) is 70.4 Å². The molecule has 0 amide bonds. The van der Waals surface area contributed by atoms with E-state index in [-0.39, 0.29) is 16.7 Å². The highest BCUT2D eigenvalue weighted by molar-refractivity contribution is 5.98. The number of imidazole rings is 1. The summed E-state index contributed by atoms with van der Waals surface area (Å²) in [6.45, 7) is -2.35. The van der Waals surface area contributed by atoms with Gasteiger partial charge < -0.3 is 5.11 Å². The first-order valence-corrected chi connectivity index (χ1v) is 20.4. The number of nitrogens with zero attached hydrogens (tertiary/aromatic N) is 3. The number of fused-ring (bicyclic) bond motifs is 1. The number of para-hydroxylation sites is 1. The minimum atomic E-state index is -3.48. The first-order valence-electron chi connectivity index (χ1n) is 24.9. The van der Waals surface area contributed by atoms with Gasteiger partial charge in [-0.1, -0.05) is 157 Å². The summed E-state index contributed by atoms with van der Waals surface area (Å²) in [5, 5.41) is 12.1. The Hall–Kier alpha value is -7.04. The highest BCUT2D eigenvalue weighted by atomic mass is 16.3. The van der Waals surface area contributed by atoms with Crippen molar-refractivity contribution in [1.29, 1.82) is 0 Å². The van der Waals surface area contributed by atoms with Crippen molar-refractivity contribution in [2.75, 3.05) is 0 Å². The lowest BCUT2D eigenvalue weighted by molar-refractivity contribution is 0.471. The number of hydrogen-bond donors (Lipinski definition) is 1. The average molecular weight is 803 g/mol. The van der Waals surface area contributed by atoms with Crippen LogP contribution in [0.2, 0.25) is 0 Å². The molecule has 7 aromatic carbocycles. The first kappa shape index (κ1) is 30.1. The third-order valence-corrected chi connectivity index (χ3v) is 11.4. The smallest absolute Gasteiger partial charge is 0.149 e. The van der Waals surface area contributed by atoms with Crippen molar-refractivity contribution in [2.24, 2.45) is 0 Å². The van der Waals surface area contributed by atoms with Gasteiger partial charge in [-0.3, -0.25) is 9.55 Å². The zero-order valence-corrected chi connectivity index (χ0v) is 34.5. The van der Waals surface area contributed by atoms with Crippen LogP contribution in [0.15, 0.2) is 176 Å². The molecule has 300 valence electrons. The molecule has 61 heavy (non-hydrogen) atoms. The molecule has 0 saturated heterocycles. The number of benzene rings is 7. The molecule has 9 rings (SSSR count). The molecule has 4 heteroatoms. The van der Waals surface area contributed by atoms with Crippen molar-refractivity contribution in [3.05, 3.63) is 193 Å². The molecule has 0 atom stereocenters. The SMILES string of the molecule is [2H]C([2H])([2H])C(c1ccc(-n2c(-c3cc(C(C)(C)C)cc(C)c3O)nc3c(-c4cc(-c5ccccc5)cc(-c5cc(-c6ccccc6)ccn5)c4)cccc32)c(-c2ccccc2)c1)(C([2H])([2H])[2H])C([2H])([2H])[2H]. The third-order valence-electron chi connectivity index (χ3n) is 11.4. The van der Waals surface area contributed by atoms with E-state index in [0.717, 1.165) is 50.2 Å². The van der Waals surface area contributed by atoms with Gasteiger partial charge in [0.25, 0.3) is 0 Å². The summed E-state index contributed by atoms with van der Waals surface area (Å²) in [4.78, 5) is 10.3. The Balaban J connectivity index is 1.38. The standard InChI is InChI=1S/C57H51N3O/c1-37-30-46(57(5,6)7)36-49(54(37)61)55-59-53-47(24-17-25-52(53)60(55)51-27-26-45(56(2,3)4)35-48(51)40-22-15-10-16-23-40)43-31-42(39-20-13-9-14-21-39)32-44(33-43)50-34-41(28-29-58-50)38-18-11-8-12-19-38/h8-36,61H,1-7H3/i2D3,3D3,4D3. The fourth-order valence-corrected chi connectivity index (χ4v) is 8.08. The largest absolute Gasteiger partial charge is 0.507 e. The molecule has 9 aromatic rings. The van der Waals surface area contributed by atoms with E-state index in [1.807, 2.05) is 96.6 Å². The second-order valence-corrected chi connectivity index (χ2v) is 16.7. The Labute approximate surface area is 372 Å². The maximum Gasteiger partial charge on any atom is 0.149 e. The Bertz CT molecular complexity index is 3350. The number of phenols is 1. The monoisotopic (exact) mass is 802 g/mol. The number of aromatic hydroxyl groups is 1. The lowest BCUT2D eigenvalue weighted by Gasteiger charge is -2.24. The van der Waals surface area contributed by atoms with Gasteiger partial charge in [-0.25, -0.2) is 4.98 Å². The fraction of sp³-hybridized carbons (Fsp3) is 0.158. The van der Waals surface area contributed by atoms with Crippen LogP contribution in [0.5, 0.6) is 5.75 Å². The van der Waals surface area contributed by atoms with Crippen LogP contribution in [0.3, 0.4) is 0 Å². The fourth-order valence-electron chi connectivity index (χ4n) is 8.08. The number of aryl methyl sites for hydroxylation is 1. The molecule has 0 saturated carbocycles. The summed E-state index contributed by atoms with van der Waals surface area (Å²) in [6.07, 6.45) is 1.81. The molecule has 2 aromatic heterocycles. The predicted octanol–water partition coefficient (Wildman–Crippen LogP) is 15.0. The first-order chi connectivity index (χ1) is 33.1. The number of hydrogen-bond acceptors (Lipinski definition) is 3. The summed E-state index contributed by atoms with van der Waals surface area (Å²) in [5.41, 5.74) is 7.85. The normalized spacial score (nSPS) is 14.7. The molecule has 0 aliphatic rings. The van der Waals surface area contributed by atoms with Crippen LogP contribution >= 0.6 is 0 Å². The van der Waals surface area contributed by atoms with Gasteiger partial charge in [-0.2, -0.15) is 0 Å². The van der Waals surface area contributed by atoms with Gasteiger partial charge in [0.2, 0.25) is 0 Å². The van der Waals surface area contributed by atoms with Crippen LogP contribution < -0.4 is 0 Å². The van der Waals surface area contributed by atoms with Crippen molar-refractivity contribution >= 4 is 11.0 Å². The Kier molecular flexibility index (Phi) is 7.65. The molecule has 0 spiro atoms. The molecule has 0 aliphatic carbocycles. The van der Waals surface area contributed by atoms with Gasteiger partial charge in [-0.05, 0) is 122 Å². The Morgan fingerprint density at radius 2 is 1.13 bits per heavy atom. The second-order valence-electron chi connectivity index (χ2n) is 16.7. The van der Waals surface area contributed by atoms with Crippen molar-refractivity contribution in [2.45, 2.75) is 59.1 Å². The van der Waals surface area contributed by atoms with E-state index in [0.29, 0.717) is 44.8 Å². The molecule has 4 nitrogen and oxygen atoms in total. The molecular formula is C57H51N3O. The molecule has 1 N–H and O–H groups in total. The number of rotatable bonds is 7. The van der Waals surface area contributed by atoms with Gasteiger partial charge in [0.1, 0.15) is 11.6 Å². The lowest BCUT2D eigenvalue weighted by atomic mass is 9.84. The second kappa shape index (κ2) is 15.5. The van der Waals surface area contributed by atoms with Gasteiger partial charge in [0.15, 0.2) is 0 Å². The number of aromatic nitrogens is 3. The molecule has 0 aliphatic heterocycles. The third kappa shape index (κ3) is 7.66. The zero-order valence-electron chi connectivity index (χ0n) is 43.5. The van der Waals surface area contributed by atoms with E-state index in [4.69, 9.17) is 22.3 Å². The minimum Gasteiger partial charge on any atom is -0.507 e. The van der Waals surface area contributed by atoms with Gasteiger partial charge in [0, 0.05) is 35.2 Å². The van der Waals surface area contributed by atoms with Crippen molar-refractivity contribution in [1.82, 2.24) is 14.5 Å². The molecule has 0 unspecified atom stereocenters. The Morgan fingerprint density at radius 3 is 1.80 bits per heavy atom. The van der Waals surface area contributed by atoms with Crippen LogP contribution in [0, 0.1) is 6.92 Å². The quantitative estimate of drug-likeness (QED) is 0.175. The summed E-state index contributed by atoms with van der Waals surface area (Å²) < 4.78 is 79.1. The maximum atomic E-state index is 12.1. The minimum absolute atomic E-state index is 0.00736. The van der Waals surface area contributed by atoms with Crippen LogP contribution in [0.25, 0.3) is 83.9 Å². The summed E-state index contributed by atoms with van der Waals surface area (Å²) in [6, 6.07) is 53.7. The summed E-state index contributed by atoms with van der Waals surface area (Å²) in [5.74, 6) is 0.359. The molecule has 0 bridgehead atoms. The maximum absolute atomic E-state index is 12.1. The lowest BCUT2D eigenvalue weighted by Crippen LogP contribution is -2.13. The molecule has 2 heterocycles. The highest BCUT2D eigenvalue weighted by Crippen LogP contribution is 2.44. The van der Waals surface area contributed by atoms with Crippen LogP contribution in [-0.2, 0) is 10.8 Å². The van der Waals surface area contributed by atoms with Gasteiger partial charge in [-0.15, -0.1) is 0 Å². The van der Waals surface area contributed by atoms with Gasteiger partial charge >= 0.3 is 0 Å². The predicted molar refractivity (Wildman–Crippen MR) is 255 cm³/mol. The van der Waals surface area contributed by atoms with E-state index in [2.05, 4.69) is 69.3 Å². The van der Waals surface area contributed by atoms with E-state index < -0.39 is 26.0 Å². The van der Waals surface area contributed by atoms with Crippen LogP contribution in [0.4, 0.5) is 0 Å². The van der Waals surface area contributed by atoms with Crippen molar-refractivity contribution in [3.63, 3.8) is 0 Å². The Morgan fingerprint density at radius 1 is 0.508 bits per heavy atom. The summed E-state index contributed by atoms with van der Waals surface area (Å²) >= 11 is 0. The summed E-state index contributed by atoms with van der Waals surface area (Å²) in [7, 11) is 0. The van der Waals surface area contributed by atoms with Crippen molar-refractivity contribution in [3.8, 4) is 78.6 Å². The molecular weight excluding hydrogens is 743 g/mol. The highest BCUT2D eigenvalue weighted by Gasteiger charge is 2.26. The van der Waals surface area contributed by atoms with E-state index in [9.17, 15) is 5.11 Å². The van der Waals surface area contributed by atoms with Crippen LogP contribution in [-0.4, -0.2) is 19.6 Å². The molecule has 0 fully saturated rings. The van der Waals surface area contributed by atoms with E-state index in [1.165, 1.54) is 12.1 Å². The van der Waals surface area contributed by atoms with Gasteiger partial charge in [0.05, 0.1) is 28.0 Å². The van der Waals surface area contributed by atoms with E-state index in [1.54, 1.807) is 30.3 Å². The topological polar surface area (TPSA) is 50.9 Å².